The first-order valence-electron chi connectivity index (χ1n) is 24.7. The number of aliphatic imine (C=N–C) groups is 3. The molecule has 2 rings (SSSR count). The summed E-state index contributed by atoms with van der Waals surface area (Å²) in [6, 6.07) is -5.23. The average molecular weight is 1130 g/mol. The van der Waals surface area contributed by atoms with Crippen LogP contribution < -0.4 is 88.0 Å². The monoisotopic (exact) mass is 1130 g/mol. The molecule has 0 aliphatic carbocycles. The highest BCUT2D eigenvalue weighted by Crippen LogP contribution is 2.12. The number of nitrogens with one attached hydrogen (secondary N) is 10. The lowest BCUT2D eigenvalue weighted by molar-refractivity contribution is -0.138. The number of phenolic OH excluding ortho intramolecular Hbond substituents is 1. The molecule has 1 heterocycles. The van der Waals surface area contributed by atoms with Gasteiger partial charge in [0.15, 0.2) is 17.9 Å². The number of benzene rings is 1. The summed E-state index contributed by atoms with van der Waals surface area (Å²) in [7, 11) is 0. The van der Waals surface area contributed by atoms with Gasteiger partial charge < -0.3 is 113 Å². The molecule has 7 atom stereocenters. The van der Waals surface area contributed by atoms with E-state index in [1.54, 1.807) is 0 Å². The first-order chi connectivity index (χ1) is 37.9. The number of phenols is 1. The number of imidazole rings is 1. The van der Waals surface area contributed by atoms with Crippen LogP contribution in [0.4, 0.5) is 0 Å². The summed E-state index contributed by atoms with van der Waals surface area (Å²) in [5.41, 5.74) is 39.2. The largest absolute Gasteiger partial charge is 0.508 e. The van der Waals surface area contributed by atoms with Crippen molar-refractivity contribution in [3.63, 3.8) is 0 Å². The predicted octanol–water partition coefficient (Wildman–Crippen LogP) is -10.3. The third-order valence-corrected chi connectivity index (χ3v) is 11.0. The topological polar surface area (TPSA) is 608 Å². The highest BCUT2D eigenvalue weighted by molar-refractivity contribution is 5.98. The Balaban J connectivity index is 2.27. The van der Waals surface area contributed by atoms with Crippen LogP contribution in [0.3, 0.4) is 0 Å². The lowest BCUT2D eigenvalue weighted by atomic mass is 10.0. The van der Waals surface area contributed by atoms with E-state index in [4.69, 9.17) is 45.2 Å². The second-order valence-electron chi connectivity index (χ2n) is 17.5. The highest BCUT2D eigenvalue weighted by atomic mass is 16.4. The number of aromatic hydroxyl groups is 1. The molecule has 1 aromatic carbocycles. The van der Waals surface area contributed by atoms with Gasteiger partial charge in [-0.2, -0.15) is 0 Å². The fourth-order valence-corrected chi connectivity index (χ4v) is 6.96. The number of nitrogens with two attached hydrogens (primary N) is 7. The number of nitrogens with zero attached hydrogens (tertiary/aromatic N) is 4. The molecular formula is C45H73N21O14. The Hall–Kier alpha value is -9.38. The van der Waals surface area contributed by atoms with Gasteiger partial charge in [-0.1, -0.05) is 12.1 Å². The van der Waals surface area contributed by atoms with Gasteiger partial charge in [0.05, 0.1) is 38.7 Å². The summed E-state index contributed by atoms with van der Waals surface area (Å²) in [6.07, 6.45) is 2.54. The minimum absolute atomic E-state index is 0.0104. The van der Waals surface area contributed by atoms with E-state index in [0.717, 1.165) is 0 Å². The number of H-pyrrole nitrogens is 1. The van der Waals surface area contributed by atoms with Gasteiger partial charge in [0.25, 0.3) is 0 Å². The molecule has 80 heavy (non-hydrogen) atoms. The first kappa shape index (κ1) is 66.7. The fourth-order valence-electron chi connectivity index (χ4n) is 6.96. The number of guanidine groups is 3. The SMILES string of the molecule is NC(N)=NCCC[C@H](NC(=O)CNC(=O)[C@@H](N)Cc1cnc[nH]1)C(=O)NCC(=O)N[C@@H](CCCN=C(N)N)C(=O)N[C@@H](CO)C(=O)N[C@@H](Cc1ccc(O)cc1)C(=O)N[C@@H](CO)C(=O)N[C@@H](CCCN=C(N)N)C(=O)NCC(=O)O. The molecule has 35 heteroatoms. The van der Waals surface area contributed by atoms with Crippen molar-refractivity contribution in [2.45, 2.75) is 93.7 Å². The fraction of sp³-hybridized carbons (Fsp3) is 0.511. The molecule has 0 spiro atoms. The van der Waals surface area contributed by atoms with Crippen molar-refractivity contribution in [3.05, 3.63) is 48.0 Å². The zero-order valence-electron chi connectivity index (χ0n) is 43.5. The van der Waals surface area contributed by atoms with Crippen molar-refractivity contribution < 1.29 is 68.4 Å². The van der Waals surface area contributed by atoms with Gasteiger partial charge in [0.1, 0.15) is 48.5 Å². The van der Waals surface area contributed by atoms with Gasteiger partial charge >= 0.3 is 5.97 Å². The standard InChI is InChI=1S/C45H73N21O14/c46-26(15-24-16-53-22-60-24)36(74)57-17-33(70)61-27(4-1-11-54-43(47)48)37(75)58-18-34(71)62-29(6-3-13-56-45(51)52)39(77)65-32(21-68)42(80)64-30(14-23-7-9-25(69)10-8-23)40(78)66-31(20-67)41(79)63-28(5-2-12-55-44(49)50)38(76)59-19-35(72)73/h7-10,16,22,26-32,67-69H,1-6,11-15,17-21,46H2,(H,53,60)(H,57,74)(H,58,75)(H,59,76)(H,61,70)(H,62,71)(H,63,79)(H,64,80)(H,65,77)(H,66,78)(H,72,73)(H4,47,48,54)(H4,49,50,55)(H4,51,52,56)/t26-,27-,28-,29-,30-,31-,32-/m0/s1. The van der Waals surface area contributed by atoms with Gasteiger partial charge in [-0.25, -0.2) is 4.98 Å². The van der Waals surface area contributed by atoms with Crippen molar-refractivity contribution in [2.24, 2.45) is 55.1 Å². The number of aliphatic hydroxyl groups excluding tert-OH is 2. The van der Waals surface area contributed by atoms with E-state index < -0.39 is 134 Å². The summed E-state index contributed by atoms with van der Waals surface area (Å²) in [4.78, 5) is 149. The van der Waals surface area contributed by atoms with Crippen molar-refractivity contribution in [3.8, 4) is 5.75 Å². The second-order valence-corrected chi connectivity index (χ2v) is 17.5. The van der Waals surface area contributed by atoms with Crippen LogP contribution in [0, 0.1) is 0 Å². The van der Waals surface area contributed by atoms with Gasteiger partial charge in [0, 0.05) is 44.4 Å². The summed E-state index contributed by atoms with van der Waals surface area (Å²) < 4.78 is 0. The molecule has 0 saturated carbocycles. The maximum atomic E-state index is 13.9. The molecule has 0 bridgehead atoms. The summed E-state index contributed by atoms with van der Waals surface area (Å²) in [6.45, 7) is -4.31. The van der Waals surface area contributed by atoms with E-state index in [-0.39, 0.29) is 94.6 Å². The molecule has 0 aliphatic heterocycles. The number of hydrogen-bond donors (Lipinski definition) is 21. The Labute approximate surface area is 457 Å². The van der Waals surface area contributed by atoms with E-state index in [9.17, 15) is 63.3 Å². The van der Waals surface area contributed by atoms with Crippen LogP contribution >= 0.6 is 0 Å². The lowest BCUT2D eigenvalue weighted by Gasteiger charge is -2.26. The smallest absolute Gasteiger partial charge is 0.322 e. The number of carbonyl (C=O) groups excluding carboxylic acids is 9. The second kappa shape index (κ2) is 35.9. The quantitative estimate of drug-likeness (QED) is 0.0170. The molecule has 28 N–H and O–H groups in total. The van der Waals surface area contributed by atoms with Crippen LogP contribution in [0.1, 0.15) is 49.8 Å². The average Bonchev–Trinajstić information content (AvgIpc) is 3.92. The van der Waals surface area contributed by atoms with Gasteiger partial charge in [-0.15, -0.1) is 0 Å². The summed E-state index contributed by atoms with van der Waals surface area (Å²) >= 11 is 0. The van der Waals surface area contributed by atoms with Crippen LogP contribution in [-0.4, -0.2) is 202 Å². The predicted molar refractivity (Wildman–Crippen MR) is 284 cm³/mol. The van der Waals surface area contributed by atoms with E-state index >= 15 is 0 Å². The molecule has 0 unspecified atom stereocenters. The van der Waals surface area contributed by atoms with E-state index in [2.05, 4.69) is 72.8 Å². The zero-order chi connectivity index (χ0) is 59.7. The molecule has 0 fully saturated rings. The molecule has 0 radical (unpaired) electrons. The molecule has 1 aromatic heterocycles. The van der Waals surface area contributed by atoms with Crippen molar-refractivity contribution >= 4 is 77.0 Å². The Morgan fingerprint density at radius 1 is 0.512 bits per heavy atom. The Morgan fingerprint density at radius 3 is 1.32 bits per heavy atom. The molecular weight excluding hydrogens is 1060 g/mol. The van der Waals surface area contributed by atoms with Gasteiger partial charge in [-0.3, -0.25) is 62.9 Å². The van der Waals surface area contributed by atoms with Crippen molar-refractivity contribution in [2.75, 3.05) is 52.5 Å². The number of carboxylic acids is 1. The molecule has 0 aliphatic rings. The number of carboxylic acid groups (broad SMARTS) is 1. The number of aliphatic carboxylic acids is 1. The van der Waals surface area contributed by atoms with Crippen LogP contribution in [0.25, 0.3) is 0 Å². The molecule has 2 aromatic rings. The number of aromatic amines is 1. The van der Waals surface area contributed by atoms with E-state index in [1.165, 1.54) is 36.8 Å². The zero-order valence-corrected chi connectivity index (χ0v) is 43.5. The summed E-state index contributed by atoms with van der Waals surface area (Å²) in [5, 5.41) is 60.5. The number of aromatic nitrogens is 2. The third kappa shape index (κ3) is 27.1. The van der Waals surface area contributed by atoms with Gasteiger partial charge in [-0.05, 0) is 56.2 Å². The highest BCUT2D eigenvalue weighted by Gasteiger charge is 2.33. The minimum Gasteiger partial charge on any atom is -0.508 e. The van der Waals surface area contributed by atoms with Crippen molar-refractivity contribution in [1.29, 1.82) is 0 Å². The first-order valence-corrected chi connectivity index (χ1v) is 24.7. The Bertz CT molecular complexity index is 2470. The lowest BCUT2D eigenvalue weighted by Crippen LogP contribution is -2.61. The van der Waals surface area contributed by atoms with E-state index in [1.807, 2.05) is 0 Å². The minimum atomic E-state index is -1.84. The van der Waals surface area contributed by atoms with E-state index in [0.29, 0.717) is 11.3 Å². The van der Waals surface area contributed by atoms with Gasteiger partial charge in [0.2, 0.25) is 53.2 Å². The molecule has 0 saturated heterocycles. The maximum Gasteiger partial charge on any atom is 0.322 e. The number of amides is 9. The van der Waals surface area contributed by atoms with Crippen molar-refractivity contribution in [1.82, 2.24) is 57.8 Å². The maximum absolute atomic E-state index is 13.9. The number of hydrogen-bond acceptors (Lipinski definition) is 18. The number of aliphatic hydroxyl groups is 2. The van der Waals surface area contributed by atoms with Crippen LogP contribution in [0.5, 0.6) is 5.75 Å². The number of rotatable bonds is 37. The normalized spacial score (nSPS) is 13.3. The van der Waals surface area contributed by atoms with Crippen LogP contribution in [0.15, 0.2) is 51.8 Å². The third-order valence-electron chi connectivity index (χ3n) is 11.0. The van der Waals surface area contributed by atoms with Crippen LogP contribution in [-0.2, 0) is 60.8 Å². The molecule has 9 amide bonds. The van der Waals surface area contributed by atoms with Crippen LogP contribution in [0.2, 0.25) is 0 Å². The molecule has 442 valence electrons. The number of carbonyl (C=O) groups is 10. The Kier molecular flexibility index (Phi) is 29.9. The molecule has 35 nitrogen and oxygen atoms in total. The Morgan fingerprint density at radius 2 is 0.900 bits per heavy atom. The summed E-state index contributed by atoms with van der Waals surface area (Å²) in [5.74, 6) is -11.0.